The van der Waals surface area contributed by atoms with Gasteiger partial charge < -0.3 is 9.67 Å². The number of para-hydroxylation sites is 1. The highest BCUT2D eigenvalue weighted by atomic mass is 32.2. The summed E-state index contributed by atoms with van der Waals surface area (Å²) < 4.78 is 25.5. The predicted octanol–water partition coefficient (Wildman–Crippen LogP) is 6.88. The maximum absolute atomic E-state index is 13.2. The van der Waals surface area contributed by atoms with E-state index in [-0.39, 0.29) is 5.69 Å². The molecule has 1 atom stereocenters. The van der Waals surface area contributed by atoms with E-state index in [9.17, 15) is 23.5 Å². The average molecular weight is 582 g/mol. The molecule has 0 saturated carbocycles. The maximum atomic E-state index is 13.2. The van der Waals surface area contributed by atoms with Crippen molar-refractivity contribution in [2.45, 2.75) is 39.7 Å². The molecule has 5 aromatic rings. The SMILES string of the molecule is CCCCc1cc2c(C)cc(C(=O)O)nc2n1Cc1ccc(-c2ccccc2N(C(=O)c2ccccc2)S(=O)O)cc1. The van der Waals surface area contributed by atoms with Gasteiger partial charge in [0.2, 0.25) is 0 Å². The summed E-state index contributed by atoms with van der Waals surface area (Å²) in [7, 11) is 0. The van der Waals surface area contributed by atoms with Crippen LogP contribution in [0.25, 0.3) is 22.2 Å². The van der Waals surface area contributed by atoms with Crippen molar-refractivity contribution >= 4 is 39.9 Å². The van der Waals surface area contributed by atoms with Gasteiger partial charge in [0.25, 0.3) is 17.2 Å². The quantitative estimate of drug-likeness (QED) is 0.174. The van der Waals surface area contributed by atoms with Gasteiger partial charge in [0.05, 0.1) is 5.69 Å². The van der Waals surface area contributed by atoms with E-state index in [4.69, 9.17) is 0 Å². The number of hydrogen-bond donors (Lipinski definition) is 2. The lowest BCUT2D eigenvalue weighted by Crippen LogP contribution is -2.32. The van der Waals surface area contributed by atoms with Gasteiger partial charge in [-0.1, -0.05) is 74.0 Å². The molecule has 9 heteroatoms. The fraction of sp³-hybridized carbons (Fsp3) is 0.182. The number of nitrogens with zero attached hydrogens (tertiary/aromatic N) is 3. The van der Waals surface area contributed by atoms with Gasteiger partial charge in [0.15, 0.2) is 5.69 Å². The zero-order chi connectivity index (χ0) is 29.8. The number of aryl methyl sites for hydroxylation is 2. The Bertz CT molecular complexity index is 1780. The molecule has 2 aromatic heterocycles. The number of hydrogen-bond acceptors (Lipinski definition) is 4. The second-order valence-electron chi connectivity index (χ2n) is 10.1. The molecule has 0 bridgehead atoms. The van der Waals surface area contributed by atoms with Crippen molar-refractivity contribution in [1.29, 1.82) is 0 Å². The van der Waals surface area contributed by atoms with Crippen molar-refractivity contribution in [1.82, 2.24) is 9.55 Å². The summed E-state index contributed by atoms with van der Waals surface area (Å²) in [4.78, 5) is 29.4. The summed E-state index contributed by atoms with van der Waals surface area (Å²) in [6.45, 7) is 4.54. The van der Waals surface area contributed by atoms with Gasteiger partial charge in [0.1, 0.15) is 5.65 Å². The molecule has 0 saturated heterocycles. The zero-order valence-electron chi connectivity index (χ0n) is 23.4. The number of pyridine rings is 1. The number of carboxylic acid groups (broad SMARTS) is 1. The standard InChI is InChI=1S/C33H31N3O5S/c1-3-4-12-26-20-28-22(2)19-29(33(38)39)34-31(28)35(26)21-23-15-17-24(18-16-23)27-13-8-9-14-30(27)36(42(40)41)32(37)25-10-6-5-7-11-25/h5-11,13-20H,3-4,12,21H2,1-2H3,(H,38,39)(H,40,41). The third-order valence-corrected chi connectivity index (χ3v) is 7.93. The van der Waals surface area contributed by atoms with E-state index in [0.717, 1.165) is 51.3 Å². The molecule has 0 fully saturated rings. The van der Waals surface area contributed by atoms with Gasteiger partial charge in [0, 0.05) is 28.8 Å². The van der Waals surface area contributed by atoms with Crippen molar-refractivity contribution in [3.63, 3.8) is 0 Å². The largest absolute Gasteiger partial charge is 0.477 e. The van der Waals surface area contributed by atoms with Gasteiger partial charge in [-0.2, -0.15) is 0 Å². The van der Waals surface area contributed by atoms with Crippen LogP contribution in [0.1, 0.15) is 57.4 Å². The van der Waals surface area contributed by atoms with Crippen molar-refractivity contribution in [2.24, 2.45) is 0 Å². The monoisotopic (exact) mass is 581 g/mol. The predicted molar refractivity (Wildman–Crippen MR) is 165 cm³/mol. The Morgan fingerprint density at radius 1 is 0.952 bits per heavy atom. The van der Waals surface area contributed by atoms with E-state index in [0.29, 0.717) is 29.0 Å². The van der Waals surface area contributed by atoms with Crippen LogP contribution in [-0.4, -0.2) is 35.3 Å². The summed E-state index contributed by atoms with van der Waals surface area (Å²) in [6.07, 6.45) is 2.88. The number of aromatic nitrogens is 2. The highest BCUT2D eigenvalue weighted by Gasteiger charge is 2.25. The minimum absolute atomic E-state index is 0.0178. The lowest BCUT2D eigenvalue weighted by molar-refractivity contribution is 0.0690. The van der Waals surface area contributed by atoms with Crippen molar-refractivity contribution in [3.05, 3.63) is 119 Å². The number of fused-ring (bicyclic) bond motifs is 1. The Morgan fingerprint density at radius 3 is 2.31 bits per heavy atom. The molecule has 42 heavy (non-hydrogen) atoms. The van der Waals surface area contributed by atoms with E-state index in [2.05, 4.69) is 22.5 Å². The van der Waals surface area contributed by atoms with Crippen LogP contribution in [0.3, 0.4) is 0 Å². The molecular weight excluding hydrogens is 550 g/mol. The van der Waals surface area contributed by atoms with E-state index in [1.165, 1.54) is 0 Å². The number of unbranched alkanes of at least 4 members (excludes halogenated alkanes) is 1. The molecule has 0 aliphatic rings. The number of benzene rings is 3. The summed E-state index contributed by atoms with van der Waals surface area (Å²) in [5.74, 6) is -1.64. The first kappa shape index (κ1) is 28.9. The molecule has 1 amide bonds. The van der Waals surface area contributed by atoms with Crippen LogP contribution in [0.15, 0.2) is 91.0 Å². The van der Waals surface area contributed by atoms with Crippen LogP contribution >= 0.6 is 0 Å². The number of carboxylic acids is 1. The molecule has 1 unspecified atom stereocenters. The molecule has 0 spiro atoms. The first-order valence-electron chi connectivity index (χ1n) is 13.7. The molecule has 0 radical (unpaired) electrons. The lowest BCUT2D eigenvalue weighted by atomic mass is 10.0. The van der Waals surface area contributed by atoms with E-state index < -0.39 is 23.1 Å². The Hall–Kier alpha value is -4.60. The topological polar surface area (TPSA) is 113 Å². The maximum Gasteiger partial charge on any atom is 0.354 e. The molecule has 2 heterocycles. The van der Waals surface area contributed by atoms with Gasteiger partial charge in [-0.15, -0.1) is 0 Å². The van der Waals surface area contributed by atoms with Crippen molar-refractivity contribution in [2.75, 3.05) is 4.31 Å². The molecular formula is C33H31N3O5S. The summed E-state index contributed by atoms with van der Waals surface area (Å²) in [5, 5.41) is 10.5. The number of carbonyl (C=O) groups is 2. The van der Waals surface area contributed by atoms with Crippen LogP contribution in [0, 0.1) is 6.92 Å². The summed E-state index contributed by atoms with van der Waals surface area (Å²) in [6, 6.07) is 26.9. The van der Waals surface area contributed by atoms with Gasteiger partial charge in [-0.05, 0) is 66.8 Å². The minimum Gasteiger partial charge on any atom is -0.477 e. The number of rotatable bonds is 10. The Balaban J connectivity index is 1.51. The number of aromatic carboxylic acids is 1. The molecule has 5 rings (SSSR count). The van der Waals surface area contributed by atoms with E-state index in [1.54, 1.807) is 48.5 Å². The molecule has 0 aliphatic heterocycles. The van der Waals surface area contributed by atoms with Crippen LogP contribution < -0.4 is 4.31 Å². The van der Waals surface area contributed by atoms with Crippen LogP contribution in [-0.2, 0) is 24.2 Å². The van der Waals surface area contributed by atoms with Crippen LogP contribution in [0.2, 0.25) is 0 Å². The normalized spacial score (nSPS) is 11.9. The Labute approximate surface area is 246 Å². The third-order valence-electron chi connectivity index (χ3n) is 7.25. The molecule has 0 aliphatic carbocycles. The van der Waals surface area contributed by atoms with Crippen molar-refractivity contribution < 1.29 is 23.5 Å². The zero-order valence-corrected chi connectivity index (χ0v) is 24.2. The highest BCUT2D eigenvalue weighted by Crippen LogP contribution is 2.33. The molecule has 2 N–H and O–H groups in total. The van der Waals surface area contributed by atoms with Gasteiger partial charge in [-0.3, -0.25) is 9.35 Å². The Kier molecular flexibility index (Phi) is 8.61. The number of carbonyl (C=O) groups excluding carboxylic acids is 1. The number of amides is 1. The minimum atomic E-state index is -2.59. The smallest absolute Gasteiger partial charge is 0.354 e. The van der Waals surface area contributed by atoms with Crippen molar-refractivity contribution in [3.8, 4) is 11.1 Å². The highest BCUT2D eigenvalue weighted by molar-refractivity contribution is 7.81. The van der Waals surface area contributed by atoms with Crippen LogP contribution in [0.5, 0.6) is 0 Å². The first-order valence-corrected chi connectivity index (χ1v) is 14.8. The van der Waals surface area contributed by atoms with E-state index in [1.807, 2.05) is 43.3 Å². The second-order valence-corrected chi connectivity index (χ2v) is 10.9. The van der Waals surface area contributed by atoms with Gasteiger partial charge in [-0.25, -0.2) is 18.3 Å². The second kappa shape index (κ2) is 12.5. The number of anilines is 1. The summed E-state index contributed by atoms with van der Waals surface area (Å²) in [5.41, 5.74) is 5.64. The fourth-order valence-corrected chi connectivity index (χ4v) is 5.69. The fourth-order valence-electron chi connectivity index (χ4n) is 5.11. The summed E-state index contributed by atoms with van der Waals surface area (Å²) >= 11 is -2.59. The van der Waals surface area contributed by atoms with Crippen LogP contribution in [0.4, 0.5) is 5.69 Å². The first-order chi connectivity index (χ1) is 20.3. The Morgan fingerprint density at radius 2 is 1.64 bits per heavy atom. The molecule has 3 aromatic carbocycles. The molecule has 8 nitrogen and oxygen atoms in total. The van der Waals surface area contributed by atoms with Gasteiger partial charge >= 0.3 is 5.97 Å². The van der Waals surface area contributed by atoms with E-state index >= 15 is 0 Å². The third kappa shape index (κ3) is 5.88. The lowest BCUT2D eigenvalue weighted by Gasteiger charge is -2.21. The average Bonchev–Trinajstić information content (AvgIpc) is 3.34. The molecule has 214 valence electrons.